The standard InChI is InChI=1S/C24H31ClN10O3S/c1-29-20(36)15(4-2-3-7-30-24(27)28)32-21(37)17-12-39-22(33-17)18-8-14(26)10-35(18)23(38)16-11-34-9-13(25)5-6-19(34)31-16/h5-6,9,11-12,14-15,18H,2-4,7-8,10,26H2,1H3,(H,29,36)(H,32,37)(H4,27,28,30)/t14?,15-,18-/m0/s1. The number of aliphatic imine (C=N–C) groups is 1. The number of fused-ring (bicyclic) bond motifs is 1. The highest BCUT2D eigenvalue weighted by Gasteiger charge is 2.38. The number of amides is 3. The number of likely N-dealkylation sites (tertiary alicyclic amines) is 1. The predicted octanol–water partition coefficient (Wildman–Crippen LogP) is 0.647. The lowest BCUT2D eigenvalue weighted by molar-refractivity contribution is -0.122. The van der Waals surface area contributed by atoms with Gasteiger partial charge in [0.25, 0.3) is 11.8 Å². The van der Waals surface area contributed by atoms with Gasteiger partial charge in [0.15, 0.2) is 5.96 Å². The van der Waals surface area contributed by atoms with Crippen LogP contribution in [0.1, 0.15) is 57.7 Å². The van der Waals surface area contributed by atoms with Crippen molar-refractivity contribution in [3.05, 3.63) is 51.3 Å². The van der Waals surface area contributed by atoms with E-state index in [-0.39, 0.29) is 35.2 Å². The van der Waals surface area contributed by atoms with Gasteiger partial charge in [-0.1, -0.05) is 11.6 Å². The molecule has 3 atom stereocenters. The first kappa shape index (κ1) is 28.3. The van der Waals surface area contributed by atoms with Gasteiger partial charge in [-0.05, 0) is 37.8 Å². The molecule has 3 aromatic heterocycles. The molecule has 8 N–H and O–H groups in total. The van der Waals surface area contributed by atoms with Crippen molar-refractivity contribution in [2.75, 3.05) is 20.1 Å². The number of aromatic nitrogens is 3. The zero-order valence-corrected chi connectivity index (χ0v) is 22.9. The number of unbranched alkanes of at least 4 members (excludes halogenated alkanes) is 1. The van der Waals surface area contributed by atoms with Crippen LogP contribution >= 0.6 is 22.9 Å². The molecule has 3 amide bonds. The van der Waals surface area contributed by atoms with Gasteiger partial charge in [0.05, 0.1) is 11.1 Å². The summed E-state index contributed by atoms with van der Waals surface area (Å²) in [6, 6.07) is 2.04. The number of hydrogen-bond acceptors (Lipinski definition) is 8. The Bertz CT molecular complexity index is 1390. The predicted molar refractivity (Wildman–Crippen MR) is 149 cm³/mol. The lowest BCUT2D eigenvalue weighted by Crippen LogP contribution is -2.45. The van der Waals surface area contributed by atoms with E-state index in [1.807, 2.05) is 0 Å². The van der Waals surface area contributed by atoms with Crippen LogP contribution in [0, 0.1) is 0 Å². The number of pyridine rings is 1. The Morgan fingerprint density at radius 1 is 1.21 bits per heavy atom. The second kappa shape index (κ2) is 12.4. The van der Waals surface area contributed by atoms with Crippen molar-refractivity contribution < 1.29 is 14.4 Å². The Balaban J connectivity index is 1.44. The molecule has 13 nitrogen and oxygen atoms in total. The van der Waals surface area contributed by atoms with Crippen molar-refractivity contribution in [2.45, 2.75) is 43.8 Å². The summed E-state index contributed by atoms with van der Waals surface area (Å²) in [5, 5.41) is 8.05. The third-order valence-electron chi connectivity index (χ3n) is 6.33. The normalized spacial score (nSPS) is 17.7. The van der Waals surface area contributed by atoms with Crippen molar-refractivity contribution in [1.29, 1.82) is 0 Å². The van der Waals surface area contributed by atoms with Gasteiger partial charge in [0, 0.05) is 44.0 Å². The van der Waals surface area contributed by atoms with E-state index in [0.29, 0.717) is 54.5 Å². The zero-order valence-electron chi connectivity index (χ0n) is 21.3. The number of carbonyl (C=O) groups is 3. The van der Waals surface area contributed by atoms with Gasteiger partial charge in [0.1, 0.15) is 28.1 Å². The Morgan fingerprint density at radius 3 is 2.74 bits per heavy atom. The van der Waals surface area contributed by atoms with E-state index in [9.17, 15) is 14.4 Å². The fourth-order valence-corrected chi connectivity index (χ4v) is 5.52. The first-order chi connectivity index (χ1) is 18.7. The largest absolute Gasteiger partial charge is 0.370 e. The molecule has 4 heterocycles. The highest BCUT2D eigenvalue weighted by atomic mass is 35.5. The van der Waals surface area contributed by atoms with E-state index in [1.165, 1.54) is 18.4 Å². The summed E-state index contributed by atoms with van der Waals surface area (Å²) in [5.41, 5.74) is 17.9. The smallest absolute Gasteiger partial charge is 0.274 e. The average molecular weight is 575 g/mol. The molecule has 1 unspecified atom stereocenters. The van der Waals surface area contributed by atoms with Crippen LogP contribution in [0.25, 0.3) is 5.65 Å². The second-order valence-corrected chi connectivity index (χ2v) is 10.5. The third kappa shape index (κ3) is 6.82. The molecular weight excluding hydrogens is 544 g/mol. The molecule has 0 bridgehead atoms. The fraction of sp³-hybridized carbons (Fsp3) is 0.417. The summed E-state index contributed by atoms with van der Waals surface area (Å²) >= 11 is 7.32. The Hall–Kier alpha value is -3.75. The quantitative estimate of drug-likeness (QED) is 0.132. The molecule has 1 saturated heterocycles. The third-order valence-corrected chi connectivity index (χ3v) is 7.50. The number of nitrogens with two attached hydrogens (primary N) is 3. The molecule has 0 radical (unpaired) electrons. The maximum atomic E-state index is 13.4. The van der Waals surface area contributed by atoms with E-state index < -0.39 is 18.0 Å². The van der Waals surface area contributed by atoms with Crippen LogP contribution in [0.2, 0.25) is 5.02 Å². The van der Waals surface area contributed by atoms with E-state index in [2.05, 4.69) is 25.6 Å². The number of rotatable bonds is 10. The van der Waals surface area contributed by atoms with Crippen molar-refractivity contribution in [2.24, 2.45) is 22.2 Å². The van der Waals surface area contributed by atoms with Gasteiger partial charge in [0.2, 0.25) is 5.91 Å². The van der Waals surface area contributed by atoms with Crippen LogP contribution in [-0.4, -0.2) is 75.2 Å². The maximum Gasteiger partial charge on any atom is 0.274 e. The van der Waals surface area contributed by atoms with Gasteiger partial charge < -0.3 is 37.1 Å². The Labute approximate surface area is 233 Å². The van der Waals surface area contributed by atoms with Crippen LogP contribution < -0.4 is 27.8 Å². The first-order valence-corrected chi connectivity index (χ1v) is 13.7. The topological polar surface area (TPSA) is 199 Å². The van der Waals surface area contributed by atoms with Crippen molar-refractivity contribution in [1.82, 2.24) is 29.9 Å². The van der Waals surface area contributed by atoms with Gasteiger partial charge >= 0.3 is 0 Å². The Kier molecular flexibility index (Phi) is 8.99. The molecule has 1 fully saturated rings. The minimum absolute atomic E-state index is 0.0113. The first-order valence-electron chi connectivity index (χ1n) is 12.4. The fourth-order valence-electron chi connectivity index (χ4n) is 4.43. The van der Waals surface area contributed by atoms with Crippen molar-refractivity contribution >= 4 is 52.3 Å². The van der Waals surface area contributed by atoms with Crippen LogP contribution in [0.15, 0.2) is 34.9 Å². The van der Waals surface area contributed by atoms with E-state index in [4.69, 9.17) is 28.8 Å². The van der Waals surface area contributed by atoms with Gasteiger partial charge in [-0.15, -0.1) is 11.3 Å². The minimum atomic E-state index is -0.742. The number of carbonyl (C=O) groups excluding carboxylic acids is 3. The van der Waals surface area contributed by atoms with Crippen molar-refractivity contribution in [3.63, 3.8) is 0 Å². The van der Waals surface area contributed by atoms with Gasteiger partial charge in [-0.2, -0.15) is 0 Å². The number of nitrogens with one attached hydrogen (secondary N) is 2. The molecular formula is C24H31ClN10O3S. The highest BCUT2D eigenvalue weighted by molar-refractivity contribution is 7.09. The van der Waals surface area contributed by atoms with E-state index in [0.717, 1.165) is 0 Å². The zero-order chi connectivity index (χ0) is 28.1. The number of imidazole rings is 1. The molecule has 0 aliphatic carbocycles. The lowest BCUT2D eigenvalue weighted by Gasteiger charge is -2.22. The van der Waals surface area contributed by atoms with Gasteiger partial charge in [-0.25, -0.2) is 9.97 Å². The van der Waals surface area contributed by atoms with Crippen LogP contribution in [0.3, 0.4) is 0 Å². The molecule has 208 valence electrons. The average Bonchev–Trinajstić information content (AvgIpc) is 3.64. The summed E-state index contributed by atoms with van der Waals surface area (Å²) in [5.74, 6) is -1.06. The number of likely N-dealkylation sites (N-methyl/N-ethyl adjacent to an activating group) is 1. The van der Waals surface area contributed by atoms with Crippen molar-refractivity contribution in [3.8, 4) is 0 Å². The molecule has 1 aliphatic heterocycles. The van der Waals surface area contributed by atoms with Crippen LogP contribution in [0.4, 0.5) is 0 Å². The second-order valence-electron chi connectivity index (χ2n) is 9.22. The number of thiazole rings is 1. The molecule has 0 aromatic carbocycles. The number of nitrogens with zero attached hydrogens (tertiary/aromatic N) is 5. The van der Waals surface area contributed by atoms with Gasteiger partial charge in [-0.3, -0.25) is 19.4 Å². The summed E-state index contributed by atoms with van der Waals surface area (Å²) in [6.45, 7) is 0.769. The highest BCUT2D eigenvalue weighted by Crippen LogP contribution is 2.34. The number of hydrogen-bond donors (Lipinski definition) is 5. The monoisotopic (exact) mass is 574 g/mol. The summed E-state index contributed by atoms with van der Waals surface area (Å²) in [4.78, 5) is 53.2. The lowest BCUT2D eigenvalue weighted by atomic mass is 10.1. The number of halogens is 1. The van der Waals surface area contributed by atoms with Crippen LogP contribution in [0.5, 0.6) is 0 Å². The molecule has 3 aromatic rings. The van der Waals surface area contributed by atoms with E-state index >= 15 is 0 Å². The number of guanidine groups is 1. The maximum absolute atomic E-state index is 13.4. The minimum Gasteiger partial charge on any atom is -0.370 e. The molecule has 39 heavy (non-hydrogen) atoms. The molecule has 1 aliphatic rings. The Morgan fingerprint density at radius 2 is 2.00 bits per heavy atom. The molecule has 15 heteroatoms. The summed E-state index contributed by atoms with van der Waals surface area (Å²) < 4.78 is 1.69. The molecule has 0 spiro atoms. The molecule has 0 saturated carbocycles. The summed E-state index contributed by atoms with van der Waals surface area (Å²) in [6.07, 6.45) is 5.50. The molecule has 4 rings (SSSR count). The van der Waals surface area contributed by atoms with Crippen LogP contribution in [-0.2, 0) is 4.79 Å². The summed E-state index contributed by atoms with van der Waals surface area (Å²) in [7, 11) is 1.51. The van der Waals surface area contributed by atoms with E-state index in [1.54, 1.807) is 39.2 Å². The SMILES string of the molecule is CNC(=O)[C@H](CCCCN=C(N)N)NC(=O)c1csc([C@@H]2CC(N)CN2C(=O)c2cn3cc(Cl)ccc3n2)n1.